The number of carbonyl (C=O) groups excluding carboxylic acids is 2. The number of amides is 2. The molecule has 0 saturated heterocycles. The van der Waals surface area contributed by atoms with E-state index < -0.39 is 30.1 Å². The van der Waals surface area contributed by atoms with Crippen molar-refractivity contribution < 1.29 is 29.3 Å². The molecule has 0 saturated carbocycles. The van der Waals surface area contributed by atoms with Crippen LogP contribution < -0.4 is 10.6 Å². The van der Waals surface area contributed by atoms with Crippen molar-refractivity contribution in [2.45, 2.75) is 30.9 Å². The minimum atomic E-state index is -1.59. The van der Waals surface area contributed by atoms with Gasteiger partial charge in [0.15, 0.2) is 6.10 Å². The van der Waals surface area contributed by atoms with Gasteiger partial charge in [0, 0.05) is 25.3 Å². The van der Waals surface area contributed by atoms with E-state index >= 15 is 0 Å². The lowest BCUT2D eigenvalue weighted by molar-refractivity contribution is -0.147. The Labute approximate surface area is 185 Å². The van der Waals surface area contributed by atoms with Crippen LogP contribution in [0, 0.1) is 12.3 Å². The molecule has 4 N–H and O–H groups in total. The molecule has 1 unspecified atom stereocenters. The van der Waals surface area contributed by atoms with E-state index in [9.17, 15) is 19.5 Å². The molecular weight excluding hydrogens is 412 g/mol. The van der Waals surface area contributed by atoms with Crippen molar-refractivity contribution in [2.24, 2.45) is 0 Å². The molecule has 2 aromatic carbocycles. The van der Waals surface area contributed by atoms with E-state index in [-0.39, 0.29) is 31.9 Å². The number of carbonyl (C=O) groups is 3. The van der Waals surface area contributed by atoms with Gasteiger partial charge < -0.3 is 25.6 Å². The number of alkyl carbamates (subject to hydrolysis) is 1. The fraction of sp³-hybridized carbons (Fsp3) is 0.292. The average molecular weight is 436 g/mol. The lowest BCUT2D eigenvalue weighted by Crippen LogP contribution is -2.47. The van der Waals surface area contributed by atoms with Crippen LogP contribution in [-0.4, -0.2) is 53.5 Å². The van der Waals surface area contributed by atoms with Gasteiger partial charge in [-0.15, -0.1) is 12.3 Å². The normalized spacial score (nSPS) is 13.8. The molecule has 0 spiro atoms. The van der Waals surface area contributed by atoms with E-state index in [1.54, 1.807) is 0 Å². The van der Waals surface area contributed by atoms with Crippen molar-refractivity contribution in [1.29, 1.82) is 0 Å². The number of benzene rings is 2. The third-order valence-electron chi connectivity index (χ3n) is 5.28. The largest absolute Gasteiger partial charge is 0.479 e. The molecule has 1 aliphatic carbocycles. The minimum absolute atomic E-state index is 0.0719. The van der Waals surface area contributed by atoms with Crippen molar-refractivity contribution in [1.82, 2.24) is 10.6 Å². The summed E-state index contributed by atoms with van der Waals surface area (Å²) >= 11 is 0. The molecule has 2 aromatic rings. The third-order valence-corrected chi connectivity index (χ3v) is 5.28. The Hall–Kier alpha value is -3.83. The van der Waals surface area contributed by atoms with Crippen molar-refractivity contribution in [2.75, 3.05) is 13.2 Å². The first-order valence-corrected chi connectivity index (χ1v) is 10.2. The Morgan fingerprint density at radius 3 is 2.22 bits per heavy atom. The highest BCUT2D eigenvalue weighted by atomic mass is 16.5. The van der Waals surface area contributed by atoms with Crippen LogP contribution in [0.25, 0.3) is 11.1 Å². The minimum Gasteiger partial charge on any atom is -0.479 e. The van der Waals surface area contributed by atoms with Crippen LogP contribution in [0.5, 0.6) is 0 Å². The second-order valence-corrected chi connectivity index (χ2v) is 7.36. The van der Waals surface area contributed by atoms with Crippen LogP contribution in [0.3, 0.4) is 0 Å². The summed E-state index contributed by atoms with van der Waals surface area (Å²) in [6, 6.07) is 14.8. The Balaban J connectivity index is 1.57. The predicted octanol–water partition coefficient (Wildman–Crippen LogP) is 1.87. The number of aliphatic hydroxyl groups is 1. The number of fused-ring (bicyclic) bond motifs is 3. The molecule has 2 amide bonds. The molecule has 2 atom stereocenters. The number of rotatable bonds is 9. The number of aliphatic carboxylic acids is 1. The molecule has 0 bridgehead atoms. The highest BCUT2D eigenvalue weighted by Crippen LogP contribution is 2.44. The number of aliphatic hydroxyl groups excluding tert-OH is 1. The highest BCUT2D eigenvalue weighted by molar-refractivity contribution is 5.86. The van der Waals surface area contributed by atoms with E-state index in [2.05, 4.69) is 16.6 Å². The van der Waals surface area contributed by atoms with Crippen molar-refractivity contribution >= 4 is 18.0 Å². The van der Waals surface area contributed by atoms with Crippen molar-refractivity contribution in [3.8, 4) is 23.5 Å². The smallest absolute Gasteiger partial charge is 0.407 e. The van der Waals surface area contributed by atoms with E-state index in [0.29, 0.717) is 0 Å². The summed E-state index contributed by atoms with van der Waals surface area (Å²) in [7, 11) is 0. The van der Waals surface area contributed by atoms with Gasteiger partial charge in [-0.25, -0.2) is 9.59 Å². The van der Waals surface area contributed by atoms with Gasteiger partial charge in [0.05, 0.1) is 0 Å². The first kappa shape index (κ1) is 22.8. The predicted molar refractivity (Wildman–Crippen MR) is 117 cm³/mol. The standard InChI is InChI=1S/C24H24N2O6/c1-2-7-20(22(28)25-13-12-21(27)23(29)30)26-24(31)32-14-19-17-10-5-3-8-15(17)16-9-4-6-11-18(16)19/h1,3-6,8-11,19-21,27H,7,12-14H2,(H,25,28)(H,26,31)(H,29,30)/t20?,21-/m0/s1. The van der Waals surface area contributed by atoms with Crippen molar-refractivity contribution in [3.05, 3.63) is 59.7 Å². The van der Waals surface area contributed by atoms with E-state index in [1.807, 2.05) is 48.5 Å². The number of carboxylic acids is 1. The van der Waals surface area contributed by atoms with Crippen LogP contribution in [0.15, 0.2) is 48.5 Å². The monoisotopic (exact) mass is 436 g/mol. The molecule has 3 rings (SSSR count). The molecule has 0 fully saturated rings. The van der Waals surface area contributed by atoms with Crippen LogP contribution in [0.4, 0.5) is 4.79 Å². The number of nitrogens with one attached hydrogen (secondary N) is 2. The second kappa shape index (κ2) is 10.5. The van der Waals surface area contributed by atoms with Crippen LogP contribution in [-0.2, 0) is 14.3 Å². The SMILES string of the molecule is C#CCC(NC(=O)OCC1c2ccccc2-c2ccccc21)C(=O)NCC[C@H](O)C(=O)O. The zero-order valence-electron chi connectivity index (χ0n) is 17.3. The fourth-order valence-corrected chi connectivity index (χ4v) is 3.69. The molecule has 0 aromatic heterocycles. The molecule has 1 aliphatic rings. The fourth-order valence-electron chi connectivity index (χ4n) is 3.69. The summed E-state index contributed by atoms with van der Waals surface area (Å²) in [5.74, 6) is 0.233. The van der Waals surface area contributed by atoms with Gasteiger partial charge in [0.1, 0.15) is 12.6 Å². The first-order chi connectivity index (χ1) is 15.4. The molecule has 166 valence electrons. The molecule has 8 heteroatoms. The van der Waals surface area contributed by atoms with Gasteiger partial charge in [-0.1, -0.05) is 48.5 Å². The lowest BCUT2D eigenvalue weighted by atomic mass is 9.98. The molecule has 8 nitrogen and oxygen atoms in total. The third kappa shape index (κ3) is 5.25. The maximum absolute atomic E-state index is 12.4. The Bertz CT molecular complexity index is 999. The van der Waals surface area contributed by atoms with Gasteiger partial charge in [-0.2, -0.15) is 0 Å². The summed E-state index contributed by atoms with van der Waals surface area (Å²) in [6.45, 7) is 0.00873. The second-order valence-electron chi connectivity index (χ2n) is 7.36. The summed E-state index contributed by atoms with van der Waals surface area (Å²) in [6.07, 6.45) is 2.68. The van der Waals surface area contributed by atoms with Gasteiger partial charge in [-0.05, 0) is 22.3 Å². The number of hydrogen-bond acceptors (Lipinski definition) is 5. The lowest BCUT2D eigenvalue weighted by Gasteiger charge is -2.18. The topological polar surface area (TPSA) is 125 Å². The zero-order valence-corrected chi connectivity index (χ0v) is 17.3. The van der Waals surface area contributed by atoms with Gasteiger partial charge in [0.2, 0.25) is 5.91 Å². The molecule has 0 radical (unpaired) electrons. The summed E-state index contributed by atoms with van der Waals surface area (Å²) in [5, 5.41) is 22.8. The maximum atomic E-state index is 12.4. The Kier molecular flexibility index (Phi) is 7.47. The Morgan fingerprint density at radius 1 is 1.06 bits per heavy atom. The van der Waals surface area contributed by atoms with Crippen LogP contribution >= 0.6 is 0 Å². The average Bonchev–Trinajstić information content (AvgIpc) is 3.11. The first-order valence-electron chi connectivity index (χ1n) is 10.2. The van der Waals surface area contributed by atoms with Crippen LogP contribution in [0.1, 0.15) is 29.9 Å². The van der Waals surface area contributed by atoms with E-state index in [4.69, 9.17) is 16.3 Å². The van der Waals surface area contributed by atoms with Gasteiger partial charge in [-0.3, -0.25) is 4.79 Å². The van der Waals surface area contributed by atoms with Gasteiger partial charge in [0.25, 0.3) is 0 Å². The maximum Gasteiger partial charge on any atom is 0.407 e. The van der Waals surface area contributed by atoms with Crippen molar-refractivity contribution in [3.63, 3.8) is 0 Å². The van der Waals surface area contributed by atoms with E-state index in [0.717, 1.165) is 22.3 Å². The van der Waals surface area contributed by atoms with Crippen LogP contribution in [0.2, 0.25) is 0 Å². The quantitative estimate of drug-likeness (QED) is 0.445. The molecular formula is C24H24N2O6. The molecule has 0 heterocycles. The number of carboxylic acid groups (broad SMARTS) is 1. The summed E-state index contributed by atoms with van der Waals surface area (Å²) < 4.78 is 5.42. The summed E-state index contributed by atoms with van der Waals surface area (Å²) in [4.78, 5) is 35.3. The summed E-state index contributed by atoms with van der Waals surface area (Å²) in [5.41, 5.74) is 4.34. The molecule has 0 aliphatic heterocycles. The van der Waals surface area contributed by atoms with E-state index in [1.165, 1.54) is 0 Å². The Morgan fingerprint density at radius 2 is 1.66 bits per heavy atom. The number of hydrogen-bond donors (Lipinski definition) is 4. The number of terminal acetylenes is 1. The molecule has 32 heavy (non-hydrogen) atoms. The highest BCUT2D eigenvalue weighted by Gasteiger charge is 2.29. The van der Waals surface area contributed by atoms with Gasteiger partial charge >= 0.3 is 12.1 Å². The zero-order chi connectivity index (χ0) is 23.1. The number of ether oxygens (including phenoxy) is 1.